The summed E-state index contributed by atoms with van der Waals surface area (Å²) in [7, 11) is 0. The zero-order valence-electron chi connectivity index (χ0n) is 10.4. The first-order chi connectivity index (χ1) is 9.41. The number of carbonyl (C=O) groups is 3. The SMILES string of the molecule is O=C(O)CCC[C@@H](NC(=O)c1ncccc1Br)C(=O)O. The van der Waals surface area contributed by atoms with Crippen molar-refractivity contribution in [3.8, 4) is 0 Å². The Labute approximate surface area is 123 Å². The number of aromatic nitrogens is 1. The van der Waals surface area contributed by atoms with Crippen LogP contribution in [0.4, 0.5) is 0 Å². The minimum absolute atomic E-state index is 0.0395. The lowest BCUT2D eigenvalue weighted by Crippen LogP contribution is -2.41. The van der Waals surface area contributed by atoms with Crippen LogP contribution >= 0.6 is 15.9 Å². The average Bonchev–Trinajstić information content (AvgIpc) is 2.37. The normalized spacial score (nSPS) is 11.7. The molecule has 0 aliphatic heterocycles. The van der Waals surface area contributed by atoms with E-state index in [1.54, 1.807) is 12.1 Å². The summed E-state index contributed by atoms with van der Waals surface area (Å²) < 4.78 is 0.451. The van der Waals surface area contributed by atoms with Gasteiger partial charge in [0.15, 0.2) is 0 Å². The molecule has 0 aliphatic rings. The first kappa shape index (κ1) is 16.1. The molecular weight excluding hydrogens is 332 g/mol. The van der Waals surface area contributed by atoms with Crippen molar-refractivity contribution in [2.45, 2.75) is 25.3 Å². The summed E-state index contributed by atoms with van der Waals surface area (Å²) in [6, 6.07) is 2.10. The Kier molecular flexibility index (Phi) is 6.10. The van der Waals surface area contributed by atoms with E-state index in [1.807, 2.05) is 0 Å². The number of halogens is 1. The van der Waals surface area contributed by atoms with Crippen LogP contribution in [0.5, 0.6) is 0 Å². The van der Waals surface area contributed by atoms with Crippen LogP contribution in [-0.2, 0) is 9.59 Å². The minimum atomic E-state index is -1.21. The maximum Gasteiger partial charge on any atom is 0.326 e. The van der Waals surface area contributed by atoms with Crippen molar-refractivity contribution in [2.24, 2.45) is 0 Å². The first-order valence-corrected chi connectivity index (χ1v) is 6.57. The van der Waals surface area contributed by atoms with Crippen LogP contribution < -0.4 is 5.32 Å². The van der Waals surface area contributed by atoms with Gasteiger partial charge in [0, 0.05) is 17.1 Å². The van der Waals surface area contributed by atoms with E-state index in [1.165, 1.54) is 6.20 Å². The molecule has 8 heteroatoms. The predicted octanol–water partition coefficient (Wildman–Crippen LogP) is 1.28. The van der Waals surface area contributed by atoms with Crippen LogP contribution in [0.15, 0.2) is 22.8 Å². The van der Waals surface area contributed by atoms with E-state index in [-0.39, 0.29) is 25.0 Å². The third kappa shape index (κ3) is 4.96. The van der Waals surface area contributed by atoms with Gasteiger partial charge in [-0.2, -0.15) is 0 Å². The summed E-state index contributed by atoms with van der Waals surface area (Å²) in [6.07, 6.45) is 1.47. The zero-order valence-corrected chi connectivity index (χ0v) is 12.0. The molecule has 0 radical (unpaired) electrons. The Balaban J connectivity index is 2.66. The standard InChI is InChI=1S/C12H13BrN2O5/c13-7-3-2-6-14-10(7)11(18)15-8(12(19)20)4-1-5-9(16)17/h2-3,6,8H,1,4-5H2,(H,15,18)(H,16,17)(H,19,20)/t8-/m1/s1. The number of carboxylic acid groups (broad SMARTS) is 2. The molecule has 0 unspecified atom stereocenters. The smallest absolute Gasteiger partial charge is 0.326 e. The molecule has 20 heavy (non-hydrogen) atoms. The molecule has 0 saturated heterocycles. The highest BCUT2D eigenvalue weighted by Crippen LogP contribution is 2.13. The minimum Gasteiger partial charge on any atom is -0.481 e. The highest BCUT2D eigenvalue weighted by Gasteiger charge is 2.22. The largest absolute Gasteiger partial charge is 0.481 e. The van der Waals surface area contributed by atoms with E-state index in [4.69, 9.17) is 10.2 Å². The topological polar surface area (TPSA) is 117 Å². The van der Waals surface area contributed by atoms with Crippen molar-refractivity contribution < 1.29 is 24.6 Å². The van der Waals surface area contributed by atoms with Gasteiger partial charge in [-0.1, -0.05) is 0 Å². The first-order valence-electron chi connectivity index (χ1n) is 5.77. The molecule has 0 aliphatic carbocycles. The van der Waals surface area contributed by atoms with Gasteiger partial charge in [0.05, 0.1) is 0 Å². The van der Waals surface area contributed by atoms with Gasteiger partial charge in [0.1, 0.15) is 11.7 Å². The highest BCUT2D eigenvalue weighted by atomic mass is 79.9. The number of nitrogens with zero attached hydrogens (tertiary/aromatic N) is 1. The molecule has 1 amide bonds. The van der Waals surface area contributed by atoms with Gasteiger partial charge in [-0.05, 0) is 40.9 Å². The van der Waals surface area contributed by atoms with Crippen molar-refractivity contribution in [3.05, 3.63) is 28.5 Å². The van der Waals surface area contributed by atoms with Crippen LogP contribution in [0.2, 0.25) is 0 Å². The van der Waals surface area contributed by atoms with Crippen molar-refractivity contribution in [3.63, 3.8) is 0 Å². The van der Waals surface area contributed by atoms with Gasteiger partial charge < -0.3 is 15.5 Å². The summed E-state index contributed by atoms with van der Waals surface area (Å²) >= 11 is 3.15. The number of pyridine rings is 1. The fourth-order valence-electron chi connectivity index (χ4n) is 1.49. The number of nitrogens with one attached hydrogen (secondary N) is 1. The molecule has 1 rings (SSSR count). The lowest BCUT2D eigenvalue weighted by molar-refractivity contribution is -0.140. The predicted molar refractivity (Wildman–Crippen MR) is 72.3 cm³/mol. The van der Waals surface area contributed by atoms with Crippen molar-refractivity contribution in [2.75, 3.05) is 0 Å². The second kappa shape index (κ2) is 7.59. The van der Waals surface area contributed by atoms with E-state index < -0.39 is 23.9 Å². The van der Waals surface area contributed by atoms with Crippen LogP contribution in [0.3, 0.4) is 0 Å². The summed E-state index contributed by atoms with van der Waals surface area (Å²) in [4.78, 5) is 37.2. The molecule has 1 atom stereocenters. The Morgan fingerprint density at radius 2 is 2.05 bits per heavy atom. The van der Waals surface area contributed by atoms with E-state index in [0.717, 1.165) is 0 Å². The molecule has 0 aromatic carbocycles. The van der Waals surface area contributed by atoms with Crippen molar-refractivity contribution >= 4 is 33.8 Å². The number of hydrogen-bond donors (Lipinski definition) is 3. The molecule has 1 heterocycles. The molecule has 1 aromatic rings. The molecule has 0 fully saturated rings. The fourth-order valence-corrected chi connectivity index (χ4v) is 1.93. The van der Waals surface area contributed by atoms with E-state index in [2.05, 4.69) is 26.2 Å². The fraction of sp³-hybridized carbons (Fsp3) is 0.333. The quantitative estimate of drug-likeness (QED) is 0.685. The molecule has 0 spiro atoms. The van der Waals surface area contributed by atoms with E-state index in [0.29, 0.717) is 4.47 Å². The van der Waals surface area contributed by atoms with Gasteiger partial charge in [-0.25, -0.2) is 9.78 Å². The molecule has 0 saturated carbocycles. The summed E-state index contributed by atoms with van der Waals surface area (Å²) in [5, 5.41) is 19.8. The second-order valence-corrected chi connectivity index (χ2v) is 4.84. The van der Waals surface area contributed by atoms with Gasteiger partial charge in [0.25, 0.3) is 5.91 Å². The molecule has 7 nitrogen and oxygen atoms in total. The van der Waals surface area contributed by atoms with E-state index >= 15 is 0 Å². The maximum absolute atomic E-state index is 11.9. The van der Waals surface area contributed by atoms with Gasteiger partial charge in [-0.3, -0.25) is 9.59 Å². The molecule has 3 N–H and O–H groups in total. The highest BCUT2D eigenvalue weighted by molar-refractivity contribution is 9.10. The van der Waals surface area contributed by atoms with Crippen LogP contribution in [0.1, 0.15) is 29.8 Å². The Morgan fingerprint density at radius 1 is 1.35 bits per heavy atom. The van der Waals surface area contributed by atoms with Crippen LogP contribution in [-0.4, -0.2) is 39.1 Å². The van der Waals surface area contributed by atoms with Gasteiger partial charge in [-0.15, -0.1) is 0 Å². The third-order valence-electron chi connectivity index (χ3n) is 2.46. The van der Waals surface area contributed by atoms with Crippen molar-refractivity contribution in [1.29, 1.82) is 0 Å². The summed E-state index contributed by atoms with van der Waals surface area (Å²) in [6.45, 7) is 0. The summed E-state index contributed by atoms with van der Waals surface area (Å²) in [5.74, 6) is -2.84. The maximum atomic E-state index is 11.9. The molecule has 0 bridgehead atoms. The number of amides is 1. The van der Waals surface area contributed by atoms with Gasteiger partial charge in [0.2, 0.25) is 0 Å². The number of carboxylic acids is 2. The Bertz CT molecular complexity index is 520. The lowest BCUT2D eigenvalue weighted by Gasteiger charge is -2.14. The molecular formula is C12H13BrN2O5. The monoisotopic (exact) mass is 344 g/mol. The third-order valence-corrected chi connectivity index (χ3v) is 3.10. The zero-order chi connectivity index (χ0) is 15.1. The Hall–Kier alpha value is -1.96. The molecule has 108 valence electrons. The average molecular weight is 345 g/mol. The van der Waals surface area contributed by atoms with E-state index in [9.17, 15) is 14.4 Å². The Morgan fingerprint density at radius 3 is 2.60 bits per heavy atom. The number of aliphatic carboxylic acids is 2. The summed E-state index contributed by atoms with van der Waals surface area (Å²) in [5.41, 5.74) is 0.0805. The van der Waals surface area contributed by atoms with Gasteiger partial charge >= 0.3 is 11.9 Å². The number of rotatable bonds is 7. The van der Waals surface area contributed by atoms with Crippen LogP contribution in [0.25, 0.3) is 0 Å². The number of hydrogen-bond acceptors (Lipinski definition) is 4. The van der Waals surface area contributed by atoms with Crippen LogP contribution in [0, 0.1) is 0 Å². The molecule has 1 aromatic heterocycles. The second-order valence-electron chi connectivity index (χ2n) is 3.98. The lowest BCUT2D eigenvalue weighted by atomic mass is 10.1. The van der Waals surface area contributed by atoms with Crippen molar-refractivity contribution in [1.82, 2.24) is 10.3 Å². The number of carbonyl (C=O) groups excluding carboxylic acids is 1.